The lowest BCUT2D eigenvalue weighted by Crippen LogP contribution is -2.43. The van der Waals surface area contributed by atoms with Gasteiger partial charge in [0.1, 0.15) is 0 Å². The van der Waals surface area contributed by atoms with Crippen molar-refractivity contribution in [2.75, 3.05) is 21.3 Å². The fourth-order valence-electron chi connectivity index (χ4n) is 5.39. The Hall–Kier alpha value is -3.97. The van der Waals surface area contributed by atoms with E-state index in [4.69, 9.17) is 14.2 Å². The van der Waals surface area contributed by atoms with Gasteiger partial charge in [-0.15, -0.1) is 0 Å². The first-order valence-corrected chi connectivity index (χ1v) is 11.4. The summed E-state index contributed by atoms with van der Waals surface area (Å²) in [5, 5.41) is 21.3. The number of benzene rings is 2. The van der Waals surface area contributed by atoms with Crippen LogP contribution in [-0.4, -0.2) is 38.1 Å². The van der Waals surface area contributed by atoms with Crippen LogP contribution in [0.3, 0.4) is 0 Å². The lowest BCUT2D eigenvalue weighted by Gasteiger charge is -2.36. The third-order valence-corrected chi connectivity index (χ3v) is 7.00. The highest BCUT2D eigenvalue weighted by Crippen LogP contribution is 2.61. The van der Waals surface area contributed by atoms with Crippen molar-refractivity contribution in [1.29, 1.82) is 10.5 Å². The van der Waals surface area contributed by atoms with Crippen LogP contribution in [0.5, 0.6) is 17.2 Å². The predicted octanol–water partition coefficient (Wildman–Crippen LogP) is 4.85. The van der Waals surface area contributed by atoms with Crippen LogP contribution in [0.1, 0.15) is 49.4 Å². The summed E-state index contributed by atoms with van der Waals surface area (Å²) in [5.41, 5.74) is 0.109. The third-order valence-electron chi connectivity index (χ3n) is 7.00. The molecule has 0 N–H and O–H groups in total. The number of hydrogen-bond donors (Lipinski definition) is 0. The molecule has 1 fully saturated rings. The summed E-state index contributed by atoms with van der Waals surface area (Å²) in [4.78, 5) is 15.9. The number of ketones is 1. The number of fused-ring (bicyclic) bond motifs is 3. The highest BCUT2D eigenvalue weighted by Gasteiger charge is 2.64. The highest BCUT2D eigenvalue weighted by atomic mass is 16.5. The molecule has 0 saturated carbocycles. The van der Waals surface area contributed by atoms with Gasteiger partial charge in [0, 0.05) is 17.5 Å². The molecule has 2 aromatic carbocycles. The molecule has 0 spiro atoms. The Kier molecular flexibility index (Phi) is 5.99. The molecule has 2 heterocycles. The van der Waals surface area contributed by atoms with Gasteiger partial charge in [0.2, 0.25) is 5.75 Å². The molecular formula is C28H29N3O4. The standard InChI is InChI=1S/C28H29N3O4/c1-27(2,3)26(32)23-22(18-13-20(33-4)24(35-6)21(14-18)34-5)28(15-29,16-30)25-19-10-8-7-9-17(19)11-12-31(23)25/h7-14,22-23,25H,1-6H3. The first-order chi connectivity index (χ1) is 16.7. The van der Waals surface area contributed by atoms with E-state index in [2.05, 4.69) is 12.1 Å². The van der Waals surface area contributed by atoms with Crippen molar-refractivity contribution in [2.45, 2.75) is 38.8 Å². The van der Waals surface area contributed by atoms with E-state index in [-0.39, 0.29) is 5.78 Å². The SMILES string of the molecule is COc1cc(C2C(C(=O)C(C)(C)C)N3C=Cc4ccccc4C3C2(C#N)C#N)cc(OC)c1OC. The topological polar surface area (TPSA) is 95.6 Å². The van der Waals surface area contributed by atoms with E-state index in [0.717, 1.165) is 11.1 Å². The number of carbonyl (C=O) groups excluding carboxylic acids is 1. The second-order valence-electron chi connectivity index (χ2n) is 9.88. The zero-order valence-corrected chi connectivity index (χ0v) is 20.8. The van der Waals surface area contributed by atoms with Gasteiger partial charge < -0.3 is 19.1 Å². The van der Waals surface area contributed by atoms with Crippen LogP contribution < -0.4 is 14.2 Å². The van der Waals surface area contributed by atoms with Gasteiger partial charge in [-0.25, -0.2) is 0 Å². The van der Waals surface area contributed by atoms with Gasteiger partial charge in [-0.05, 0) is 34.9 Å². The summed E-state index contributed by atoms with van der Waals surface area (Å²) in [6.07, 6.45) is 3.79. The van der Waals surface area contributed by atoms with E-state index in [9.17, 15) is 15.3 Å². The maximum Gasteiger partial charge on any atom is 0.203 e. The van der Waals surface area contributed by atoms with Crippen LogP contribution in [0.4, 0.5) is 0 Å². The van der Waals surface area contributed by atoms with Crippen molar-refractivity contribution in [2.24, 2.45) is 10.8 Å². The third kappa shape index (κ3) is 3.51. The average molecular weight is 472 g/mol. The molecule has 3 unspecified atom stereocenters. The van der Waals surface area contributed by atoms with Crippen molar-refractivity contribution < 1.29 is 19.0 Å². The molecule has 4 rings (SSSR count). The van der Waals surface area contributed by atoms with Crippen LogP contribution in [-0.2, 0) is 4.79 Å². The number of ether oxygens (including phenoxy) is 3. The highest BCUT2D eigenvalue weighted by molar-refractivity contribution is 5.91. The molecule has 35 heavy (non-hydrogen) atoms. The summed E-state index contributed by atoms with van der Waals surface area (Å²) in [6, 6.07) is 14.5. The Labute approximate surface area is 206 Å². The average Bonchev–Trinajstić information content (AvgIpc) is 3.17. The lowest BCUT2D eigenvalue weighted by atomic mass is 9.66. The van der Waals surface area contributed by atoms with Gasteiger partial charge in [-0.1, -0.05) is 45.0 Å². The molecule has 0 amide bonds. The van der Waals surface area contributed by atoms with Crippen molar-refractivity contribution >= 4 is 11.9 Å². The van der Waals surface area contributed by atoms with Gasteiger partial charge in [-0.3, -0.25) is 4.79 Å². The molecule has 0 aliphatic carbocycles. The van der Waals surface area contributed by atoms with E-state index >= 15 is 0 Å². The second kappa shape index (κ2) is 8.67. The van der Waals surface area contributed by atoms with Gasteiger partial charge in [0.05, 0.1) is 45.6 Å². The molecule has 2 aliphatic rings. The number of carbonyl (C=O) groups is 1. The molecule has 0 radical (unpaired) electrons. The van der Waals surface area contributed by atoms with Crippen molar-refractivity contribution in [3.8, 4) is 29.4 Å². The molecule has 0 aromatic heterocycles. The van der Waals surface area contributed by atoms with Gasteiger partial charge >= 0.3 is 0 Å². The lowest BCUT2D eigenvalue weighted by molar-refractivity contribution is -0.130. The Morgan fingerprint density at radius 1 is 1.00 bits per heavy atom. The fraction of sp³-hybridized carbons (Fsp3) is 0.393. The van der Waals surface area contributed by atoms with Crippen LogP contribution in [0.25, 0.3) is 6.08 Å². The summed E-state index contributed by atoms with van der Waals surface area (Å²) in [5.74, 6) is 0.359. The van der Waals surface area contributed by atoms with Crippen LogP contribution in [0, 0.1) is 33.5 Å². The molecule has 1 saturated heterocycles. The zero-order valence-electron chi connectivity index (χ0n) is 20.8. The van der Waals surface area contributed by atoms with E-state index < -0.39 is 28.8 Å². The Bertz CT molecular complexity index is 1240. The van der Waals surface area contributed by atoms with Gasteiger partial charge in [0.15, 0.2) is 22.7 Å². The summed E-state index contributed by atoms with van der Waals surface area (Å²) >= 11 is 0. The second-order valence-corrected chi connectivity index (χ2v) is 9.88. The zero-order chi connectivity index (χ0) is 25.5. The Morgan fingerprint density at radius 2 is 1.60 bits per heavy atom. The maximum atomic E-state index is 14.0. The van der Waals surface area contributed by atoms with Gasteiger partial charge in [0.25, 0.3) is 0 Å². The smallest absolute Gasteiger partial charge is 0.203 e. The minimum absolute atomic E-state index is 0.0577. The van der Waals surface area contributed by atoms with Crippen molar-refractivity contribution in [3.63, 3.8) is 0 Å². The molecule has 2 aliphatic heterocycles. The summed E-state index contributed by atoms with van der Waals surface area (Å²) in [6.45, 7) is 5.57. The van der Waals surface area contributed by atoms with Gasteiger partial charge in [-0.2, -0.15) is 10.5 Å². The largest absolute Gasteiger partial charge is 0.493 e. The molecule has 3 atom stereocenters. The molecule has 7 heteroatoms. The van der Waals surface area contributed by atoms with E-state index in [1.807, 2.05) is 62.2 Å². The Balaban J connectivity index is 2.06. The minimum Gasteiger partial charge on any atom is -0.493 e. The minimum atomic E-state index is -1.56. The van der Waals surface area contributed by atoms with Crippen LogP contribution >= 0.6 is 0 Å². The van der Waals surface area contributed by atoms with Crippen LogP contribution in [0.2, 0.25) is 0 Å². The van der Waals surface area contributed by atoms with E-state index in [0.29, 0.717) is 22.8 Å². The number of Topliss-reactive ketones (excluding diaryl/α,β-unsaturated/α-hetero) is 1. The van der Waals surface area contributed by atoms with Crippen molar-refractivity contribution in [3.05, 3.63) is 59.3 Å². The number of hydrogen-bond acceptors (Lipinski definition) is 7. The molecule has 2 aromatic rings. The van der Waals surface area contributed by atoms with E-state index in [1.165, 1.54) is 21.3 Å². The quantitative estimate of drug-likeness (QED) is 0.615. The predicted molar refractivity (Wildman–Crippen MR) is 131 cm³/mol. The van der Waals surface area contributed by atoms with E-state index in [1.54, 1.807) is 12.1 Å². The van der Waals surface area contributed by atoms with Crippen LogP contribution in [0.15, 0.2) is 42.6 Å². The number of rotatable bonds is 5. The maximum absolute atomic E-state index is 14.0. The number of nitriles is 2. The monoisotopic (exact) mass is 471 g/mol. The molecular weight excluding hydrogens is 442 g/mol. The first-order valence-electron chi connectivity index (χ1n) is 11.4. The number of nitrogens with zero attached hydrogens (tertiary/aromatic N) is 3. The molecule has 0 bridgehead atoms. The first kappa shape index (κ1) is 24.2. The summed E-state index contributed by atoms with van der Waals surface area (Å²) < 4.78 is 16.6. The van der Waals surface area contributed by atoms with Crippen molar-refractivity contribution in [1.82, 2.24) is 4.90 Å². The molecule has 180 valence electrons. The normalized spacial score (nSPS) is 21.8. The summed E-state index contributed by atoms with van der Waals surface area (Å²) in [7, 11) is 4.54. The fourth-order valence-corrected chi connectivity index (χ4v) is 5.39. The molecule has 7 nitrogen and oxygen atoms in total. The Morgan fingerprint density at radius 3 is 2.11 bits per heavy atom. The number of methoxy groups -OCH3 is 3.